The third-order valence-electron chi connectivity index (χ3n) is 5.72. The molecule has 0 amide bonds. The van der Waals surface area contributed by atoms with Crippen LogP contribution in [0.1, 0.15) is 38.1 Å². The monoisotopic (exact) mass is 391 g/mol. The van der Waals surface area contributed by atoms with Gasteiger partial charge in [-0.15, -0.1) is 0 Å². The highest BCUT2D eigenvalue weighted by Crippen LogP contribution is 2.34. The first-order chi connectivity index (χ1) is 14.1. The first-order valence-corrected chi connectivity index (χ1v) is 9.61. The van der Waals surface area contributed by atoms with Crippen LogP contribution in [0, 0.1) is 23.1 Å². The molecule has 1 aliphatic carbocycles. The Morgan fingerprint density at radius 3 is 2.83 bits per heavy atom. The number of H-pyrrole nitrogens is 1. The van der Waals surface area contributed by atoms with Gasteiger partial charge in [-0.05, 0) is 43.7 Å². The molecule has 0 bridgehead atoms. The Balaban J connectivity index is 1.57. The van der Waals surface area contributed by atoms with E-state index in [9.17, 15) is 9.18 Å². The Labute approximate surface area is 164 Å². The third kappa shape index (κ3) is 2.97. The van der Waals surface area contributed by atoms with Crippen LogP contribution in [-0.2, 0) is 0 Å². The lowest BCUT2D eigenvalue weighted by Gasteiger charge is -2.27. The summed E-state index contributed by atoms with van der Waals surface area (Å²) >= 11 is 0. The fraction of sp³-hybridized carbons (Fsp3) is 0.350. The van der Waals surface area contributed by atoms with Crippen LogP contribution in [0.25, 0.3) is 28.3 Å². The molecule has 0 saturated heterocycles. The first kappa shape index (κ1) is 17.6. The van der Waals surface area contributed by atoms with E-state index in [-0.39, 0.29) is 17.5 Å². The molecular weight excluding hydrogens is 373 g/mol. The van der Waals surface area contributed by atoms with Crippen molar-refractivity contribution in [1.29, 1.82) is 5.26 Å². The number of rotatable bonds is 3. The average Bonchev–Trinajstić information content (AvgIpc) is 3.28. The number of halogens is 1. The van der Waals surface area contributed by atoms with Crippen molar-refractivity contribution >= 4 is 16.8 Å². The van der Waals surface area contributed by atoms with E-state index in [0.29, 0.717) is 40.7 Å². The molecule has 5 rings (SSSR count). The second kappa shape index (κ2) is 6.81. The largest absolute Gasteiger partial charge is 0.327 e. The van der Waals surface area contributed by atoms with E-state index in [4.69, 9.17) is 5.26 Å². The molecule has 8 nitrogen and oxygen atoms in total. The van der Waals surface area contributed by atoms with Crippen LogP contribution in [0.3, 0.4) is 0 Å². The van der Waals surface area contributed by atoms with Crippen molar-refractivity contribution in [2.24, 2.45) is 5.92 Å². The van der Waals surface area contributed by atoms with Crippen molar-refractivity contribution in [1.82, 2.24) is 28.9 Å². The van der Waals surface area contributed by atoms with E-state index in [1.807, 2.05) is 0 Å². The summed E-state index contributed by atoms with van der Waals surface area (Å²) in [7, 11) is 0. The molecule has 9 heteroatoms. The predicted octanol–water partition coefficient (Wildman–Crippen LogP) is 3.22. The molecule has 29 heavy (non-hydrogen) atoms. The Bertz CT molecular complexity index is 1300. The fourth-order valence-electron chi connectivity index (χ4n) is 4.23. The summed E-state index contributed by atoms with van der Waals surface area (Å²) in [6.07, 6.45) is 8.58. The second-order valence-electron chi connectivity index (χ2n) is 7.49. The predicted molar refractivity (Wildman–Crippen MR) is 104 cm³/mol. The Morgan fingerprint density at radius 1 is 1.21 bits per heavy atom. The fourth-order valence-corrected chi connectivity index (χ4v) is 4.23. The van der Waals surface area contributed by atoms with Crippen LogP contribution in [0.2, 0.25) is 0 Å². The molecule has 0 atom stereocenters. The van der Waals surface area contributed by atoms with Gasteiger partial charge in [0.25, 0.3) is 0 Å². The molecule has 0 spiro atoms. The topological polar surface area (TPSA) is 105 Å². The SMILES string of the molecule is N#CC[C@H]1CC[C@H](n2c(=O)[nH]c3cnc(-c4cnc5ccc(F)cn45)nc32)CC1. The zero-order valence-electron chi connectivity index (χ0n) is 15.5. The van der Waals surface area contributed by atoms with Crippen molar-refractivity contribution < 1.29 is 4.39 Å². The molecule has 1 fully saturated rings. The molecule has 0 aromatic carbocycles. The van der Waals surface area contributed by atoms with Crippen LogP contribution < -0.4 is 5.69 Å². The zero-order chi connectivity index (χ0) is 20.0. The standard InChI is InChI=1S/C20H18FN7O/c21-13-3-6-17-23-10-16(27(17)11-13)18-24-9-15-19(26-18)28(20(29)25-15)14-4-1-12(2-5-14)7-8-22/h3,6,9-12,14H,1-2,4-5,7H2,(H,25,29)/t12-,14-. The van der Waals surface area contributed by atoms with E-state index in [1.165, 1.54) is 12.3 Å². The molecular formula is C20H18FN7O. The normalized spacial score (nSPS) is 19.6. The number of aromatic nitrogens is 6. The number of nitrogens with zero attached hydrogens (tertiary/aromatic N) is 6. The van der Waals surface area contributed by atoms with Gasteiger partial charge in [0.15, 0.2) is 11.5 Å². The number of nitriles is 1. The highest BCUT2D eigenvalue weighted by molar-refractivity contribution is 5.72. The molecule has 0 unspecified atom stereocenters. The van der Waals surface area contributed by atoms with Gasteiger partial charge in [-0.2, -0.15) is 5.26 Å². The Morgan fingerprint density at radius 2 is 2.03 bits per heavy atom. The lowest BCUT2D eigenvalue weighted by atomic mass is 9.84. The number of pyridine rings is 1. The summed E-state index contributed by atoms with van der Waals surface area (Å²) in [6, 6.07) is 5.21. The molecule has 4 heterocycles. The molecule has 146 valence electrons. The summed E-state index contributed by atoms with van der Waals surface area (Å²) in [4.78, 5) is 28.7. The quantitative estimate of drug-likeness (QED) is 0.577. The van der Waals surface area contributed by atoms with E-state index >= 15 is 0 Å². The van der Waals surface area contributed by atoms with Gasteiger partial charge in [-0.1, -0.05) is 0 Å². The van der Waals surface area contributed by atoms with E-state index in [0.717, 1.165) is 25.7 Å². The summed E-state index contributed by atoms with van der Waals surface area (Å²) in [5.41, 5.74) is 2.04. The zero-order valence-corrected chi connectivity index (χ0v) is 15.5. The van der Waals surface area contributed by atoms with Gasteiger partial charge >= 0.3 is 5.69 Å². The lowest BCUT2D eigenvalue weighted by molar-refractivity contribution is 0.277. The van der Waals surface area contributed by atoms with Gasteiger partial charge in [-0.3, -0.25) is 8.97 Å². The highest BCUT2D eigenvalue weighted by Gasteiger charge is 2.26. The van der Waals surface area contributed by atoms with Gasteiger partial charge in [-0.25, -0.2) is 24.1 Å². The first-order valence-electron chi connectivity index (χ1n) is 9.61. The maximum atomic E-state index is 13.7. The maximum Gasteiger partial charge on any atom is 0.327 e. The second-order valence-corrected chi connectivity index (χ2v) is 7.49. The molecule has 0 radical (unpaired) electrons. The molecule has 4 aromatic heterocycles. The smallest absolute Gasteiger partial charge is 0.303 e. The van der Waals surface area contributed by atoms with Gasteiger partial charge in [0, 0.05) is 18.7 Å². The minimum absolute atomic E-state index is 0.0357. The van der Waals surface area contributed by atoms with E-state index < -0.39 is 0 Å². The van der Waals surface area contributed by atoms with Crippen molar-refractivity contribution in [3.8, 4) is 17.6 Å². The minimum atomic E-state index is -0.384. The number of aromatic amines is 1. The van der Waals surface area contributed by atoms with Gasteiger partial charge < -0.3 is 4.98 Å². The summed E-state index contributed by atoms with van der Waals surface area (Å²) in [5, 5.41) is 8.91. The van der Waals surface area contributed by atoms with Crippen molar-refractivity contribution in [2.75, 3.05) is 0 Å². The number of fused-ring (bicyclic) bond motifs is 2. The molecule has 0 aliphatic heterocycles. The number of imidazole rings is 2. The molecule has 1 aliphatic rings. The van der Waals surface area contributed by atoms with Crippen molar-refractivity contribution in [3.63, 3.8) is 0 Å². The lowest BCUT2D eigenvalue weighted by Crippen LogP contribution is -2.26. The van der Waals surface area contributed by atoms with Gasteiger partial charge in [0.05, 0.1) is 18.5 Å². The molecule has 4 aromatic rings. The minimum Gasteiger partial charge on any atom is -0.303 e. The maximum absolute atomic E-state index is 13.7. The summed E-state index contributed by atoms with van der Waals surface area (Å²) in [6.45, 7) is 0. The van der Waals surface area contributed by atoms with Gasteiger partial charge in [0.1, 0.15) is 22.7 Å². The number of hydrogen-bond donors (Lipinski definition) is 1. The average molecular weight is 391 g/mol. The highest BCUT2D eigenvalue weighted by atomic mass is 19.1. The van der Waals surface area contributed by atoms with Crippen LogP contribution in [-0.4, -0.2) is 28.9 Å². The Kier molecular flexibility index (Phi) is 4.12. The van der Waals surface area contributed by atoms with E-state index in [1.54, 1.807) is 27.4 Å². The van der Waals surface area contributed by atoms with Crippen LogP contribution in [0.4, 0.5) is 4.39 Å². The van der Waals surface area contributed by atoms with Crippen LogP contribution >= 0.6 is 0 Å². The molecule has 1 N–H and O–H groups in total. The van der Waals surface area contributed by atoms with Gasteiger partial charge in [0.2, 0.25) is 0 Å². The third-order valence-corrected chi connectivity index (χ3v) is 5.72. The van der Waals surface area contributed by atoms with E-state index in [2.05, 4.69) is 26.0 Å². The summed E-state index contributed by atoms with van der Waals surface area (Å²) in [5.74, 6) is 0.391. The van der Waals surface area contributed by atoms with Crippen molar-refractivity contribution in [3.05, 3.63) is 47.0 Å². The molecule has 1 saturated carbocycles. The van der Waals surface area contributed by atoms with Crippen molar-refractivity contribution in [2.45, 2.75) is 38.1 Å². The summed E-state index contributed by atoms with van der Waals surface area (Å²) < 4.78 is 17.0. The number of hydrogen-bond acceptors (Lipinski definition) is 5. The number of nitrogens with one attached hydrogen (secondary N) is 1. The Hall–Kier alpha value is -3.54. The van der Waals surface area contributed by atoms with Crippen LogP contribution in [0.5, 0.6) is 0 Å². The van der Waals surface area contributed by atoms with Crippen LogP contribution in [0.15, 0.2) is 35.5 Å².